The lowest BCUT2D eigenvalue weighted by Crippen LogP contribution is -2.09. The lowest BCUT2D eigenvalue weighted by Gasteiger charge is -2.25. The fourth-order valence-electron chi connectivity index (χ4n) is 4.60. The molecular formula is C24H26O3. The highest BCUT2D eigenvalue weighted by atomic mass is 16.5. The van der Waals surface area contributed by atoms with Crippen molar-refractivity contribution >= 4 is 17.1 Å². The van der Waals surface area contributed by atoms with Crippen molar-refractivity contribution < 1.29 is 14.3 Å². The number of fused-ring (bicyclic) bond motifs is 1. The van der Waals surface area contributed by atoms with Gasteiger partial charge in [-0.3, -0.25) is 0 Å². The summed E-state index contributed by atoms with van der Waals surface area (Å²) in [6, 6.07) is 14.4. The Morgan fingerprint density at radius 3 is 2.37 bits per heavy atom. The lowest BCUT2D eigenvalue weighted by atomic mass is 9.79. The molecular weight excluding hydrogens is 336 g/mol. The largest absolute Gasteiger partial charge is 0.497 e. The van der Waals surface area contributed by atoms with E-state index in [1.807, 2.05) is 24.3 Å². The van der Waals surface area contributed by atoms with Crippen LogP contribution < -0.4 is 4.74 Å². The molecule has 0 heterocycles. The second-order valence-electron chi connectivity index (χ2n) is 7.50. The van der Waals surface area contributed by atoms with Crippen LogP contribution in [0.2, 0.25) is 0 Å². The summed E-state index contributed by atoms with van der Waals surface area (Å²) in [5, 5.41) is 0. The first-order chi connectivity index (χ1) is 13.2. The summed E-state index contributed by atoms with van der Waals surface area (Å²) in [5.41, 5.74) is 7.35. The van der Waals surface area contributed by atoms with Crippen LogP contribution in [-0.4, -0.2) is 20.2 Å². The van der Waals surface area contributed by atoms with Gasteiger partial charge in [-0.25, -0.2) is 4.79 Å². The number of carbonyl (C=O) groups is 1. The zero-order valence-electron chi connectivity index (χ0n) is 16.1. The third-order valence-electron chi connectivity index (χ3n) is 5.96. The molecule has 0 N–H and O–H groups in total. The summed E-state index contributed by atoms with van der Waals surface area (Å²) in [5.74, 6) is 1.22. The third-order valence-corrected chi connectivity index (χ3v) is 5.96. The average molecular weight is 362 g/mol. The standard InChI is InChI=1S/C24H26O3/c1-26-20-11-8-16(9-12-20)22-15-19-14-18(24(25)27-2)10-13-21(19)23(22)17-6-4-3-5-7-17/h8-14,17H,3-7,15H2,1-2H3. The molecule has 0 aliphatic heterocycles. The average Bonchev–Trinajstić information content (AvgIpc) is 3.12. The number of benzene rings is 2. The first-order valence-corrected chi connectivity index (χ1v) is 9.80. The Balaban J connectivity index is 1.78. The number of carbonyl (C=O) groups excluding carboxylic acids is 1. The number of hydrogen-bond acceptors (Lipinski definition) is 3. The summed E-state index contributed by atoms with van der Waals surface area (Å²) >= 11 is 0. The Morgan fingerprint density at radius 1 is 0.963 bits per heavy atom. The van der Waals surface area contributed by atoms with Gasteiger partial charge in [0.1, 0.15) is 5.75 Å². The van der Waals surface area contributed by atoms with E-state index in [0.717, 1.165) is 12.2 Å². The minimum absolute atomic E-state index is 0.269. The van der Waals surface area contributed by atoms with Crippen molar-refractivity contribution in [2.45, 2.75) is 38.5 Å². The van der Waals surface area contributed by atoms with E-state index in [1.165, 1.54) is 67.1 Å². The second kappa shape index (κ2) is 7.59. The summed E-state index contributed by atoms with van der Waals surface area (Å²) in [6.07, 6.45) is 7.34. The van der Waals surface area contributed by atoms with Crippen molar-refractivity contribution in [1.82, 2.24) is 0 Å². The van der Waals surface area contributed by atoms with Gasteiger partial charge in [-0.15, -0.1) is 0 Å². The zero-order chi connectivity index (χ0) is 18.8. The van der Waals surface area contributed by atoms with Gasteiger partial charge < -0.3 is 9.47 Å². The molecule has 3 heteroatoms. The quantitative estimate of drug-likeness (QED) is 0.671. The molecule has 2 aromatic rings. The number of ether oxygens (including phenoxy) is 2. The van der Waals surface area contributed by atoms with Crippen molar-refractivity contribution in [3.8, 4) is 5.75 Å². The molecule has 0 radical (unpaired) electrons. The van der Waals surface area contributed by atoms with E-state index < -0.39 is 0 Å². The van der Waals surface area contributed by atoms with Crippen molar-refractivity contribution in [2.24, 2.45) is 5.92 Å². The molecule has 140 valence electrons. The van der Waals surface area contributed by atoms with Gasteiger partial charge in [0.05, 0.1) is 19.8 Å². The van der Waals surface area contributed by atoms with E-state index in [0.29, 0.717) is 11.5 Å². The number of rotatable bonds is 4. The lowest BCUT2D eigenvalue weighted by molar-refractivity contribution is 0.0600. The normalized spacial score (nSPS) is 17.0. The smallest absolute Gasteiger partial charge is 0.337 e. The van der Waals surface area contributed by atoms with Crippen molar-refractivity contribution in [1.29, 1.82) is 0 Å². The van der Waals surface area contributed by atoms with Crippen LogP contribution in [0, 0.1) is 5.92 Å². The maximum atomic E-state index is 12.0. The molecule has 2 aliphatic rings. The number of allylic oxidation sites excluding steroid dienone is 2. The van der Waals surface area contributed by atoms with E-state index in [9.17, 15) is 4.79 Å². The highest BCUT2D eigenvalue weighted by Gasteiger charge is 2.30. The molecule has 0 saturated heterocycles. The molecule has 27 heavy (non-hydrogen) atoms. The molecule has 2 aromatic carbocycles. The Labute approximate surface area is 161 Å². The molecule has 0 aromatic heterocycles. The summed E-state index contributed by atoms with van der Waals surface area (Å²) < 4.78 is 10.2. The van der Waals surface area contributed by atoms with Gasteiger partial charge in [-0.2, -0.15) is 0 Å². The summed E-state index contributed by atoms with van der Waals surface area (Å²) in [4.78, 5) is 12.0. The van der Waals surface area contributed by atoms with Crippen molar-refractivity contribution in [3.63, 3.8) is 0 Å². The molecule has 1 saturated carbocycles. The fraction of sp³-hybridized carbons (Fsp3) is 0.375. The molecule has 0 atom stereocenters. The Hall–Kier alpha value is -2.55. The van der Waals surface area contributed by atoms with E-state index in [1.54, 1.807) is 7.11 Å². The number of esters is 1. The first kappa shape index (κ1) is 17.8. The molecule has 1 fully saturated rings. The predicted octanol–water partition coefficient (Wildman–Crippen LogP) is 5.53. The molecule has 4 rings (SSSR count). The van der Waals surface area contributed by atoms with Gasteiger partial charge in [0.15, 0.2) is 0 Å². The third kappa shape index (κ3) is 3.39. The van der Waals surface area contributed by atoms with E-state index >= 15 is 0 Å². The molecule has 3 nitrogen and oxygen atoms in total. The minimum atomic E-state index is -0.269. The predicted molar refractivity (Wildman–Crippen MR) is 108 cm³/mol. The maximum Gasteiger partial charge on any atom is 0.337 e. The highest BCUT2D eigenvalue weighted by Crippen LogP contribution is 2.47. The van der Waals surface area contributed by atoms with Crippen LogP contribution in [-0.2, 0) is 11.2 Å². The topological polar surface area (TPSA) is 35.5 Å². The Kier molecular flexibility index (Phi) is 5.02. The summed E-state index contributed by atoms with van der Waals surface area (Å²) in [7, 11) is 3.13. The molecule has 2 aliphatic carbocycles. The van der Waals surface area contributed by atoms with E-state index in [2.05, 4.69) is 18.2 Å². The summed E-state index contributed by atoms with van der Waals surface area (Å²) in [6.45, 7) is 0. The van der Waals surface area contributed by atoms with Crippen LogP contribution in [0.4, 0.5) is 0 Å². The fourth-order valence-corrected chi connectivity index (χ4v) is 4.60. The van der Waals surface area contributed by atoms with Crippen LogP contribution in [0.5, 0.6) is 5.75 Å². The molecule has 0 unspecified atom stereocenters. The van der Waals surface area contributed by atoms with Crippen LogP contribution in [0.15, 0.2) is 42.5 Å². The highest BCUT2D eigenvalue weighted by molar-refractivity contribution is 5.99. The Bertz CT molecular complexity index is 871. The molecule has 0 bridgehead atoms. The number of hydrogen-bond donors (Lipinski definition) is 0. The van der Waals surface area contributed by atoms with Crippen LogP contribution in [0.3, 0.4) is 0 Å². The van der Waals surface area contributed by atoms with Gasteiger partial charge in [-0.05, 0) is 77.3 Å². The molecule has 0 amide bonds. The van der Waals surface area contributed by atoms with E-state index in [4.69, 9.17) is 9.47 Å². The van der Waals surface area contributed by atoms with Crippen molar-refractivity contribution in [3.05, 3.63) is 64.7 Å². The maximum absolute atomic E-state index is 12.0. The van der Waals surface area contributed by atoms with Crippen molar-refractivity contribution in [2.75, 3.05) is 14.2 Å². The first-order valence-electron chi connectivity index (χ1n) is 9.80. The Morgan fingerprint density at radius 2 is 1.70 bits per heavy atom. The second-order valence-corrected chi connectivity index (χ2v) is 7.50. The zero-order valence-corrected chi connectivity index (χ0v) is 16.1. The van der Waals surface area contributed by atoms with Crippen LogP contribution in [0.1, 0.15) is 59.2 Å². The number of methoxy groups -OCH3 is 2. The SMILES string of the molecule is COC(=O)c1ccc2c(c1)CC(c1ccc(OC)cc1)=C2C1CCCCC1. The van der Waals surface area contributed by atoms with Gasteiger partial charge in [0.2, 0.25) is 0 Å². The van der Waals surface area contributed by atoms with E-state index in [-0.39, 0.29) is 5.97 Å². The van der Waals surface area contributed by atoms with Crippen LogP contribution in [0.25, 0.3) is 11.1 Å². The van der Waals surface area contributed by atoms with Gasteiger partial charge in [-0.1, -0.05) is 37.5 Å². The minimum Gasteiger partial charge on any atom is -0.497 e. The monoisotopic (exact) mass is 362 g/mol. The van der Waals surface area contributed by atoms with Crippen LogP contribution >= 0.6 is 0 Å². The van der Waals surface area contributed by atoms with Gasteiger partial charge in [0.25, 0.3) is 0 Å². The van der Waals surface area contributed by atoms with Gasteiger partial charge >= 0.3 is 5.97 Å². The van der Waals surface area contributed by atoms with Gasteiger partial charge in [0, 0.05) is 0 Å². The molecule has 0 spiro atoms.